The van der Waals surface area contributed by atoms with Crippen molar-refractivity contribution >= 4 is 17.2 Å². The first-order valence-corrected chi connectivity index (χ1v) is 7.63. The first kappa shape index (κ1) is 14.4. The number of nitrogens with zero attached hydrogens (tertiary/aromatic N) is 3. The highest BCUT2D eigenvalue weighted by Crippen LogP contribution is 2.06. The van der Waals surface area contributed by atoms with Crippen LogP contribution in [0.1, 0.15) is 11.9 Å². The lowest BCUT2D eigenvalue weighted by molar-refractivity contribution is -0.126. The summed E-state index contributed by atoms with van der Waals surface area (Å²) >= 11 is 1.63. The van der Waals surface area contributed by atoms with Crippen molar-refractivity contribution in [2.45, 2.75) is 19.4 Å². The zero-order valence-corrected chi connectivity index (χ0v) is 12.4. The Hall–Kier alpha value is -0.980. The monoisotopic (exact) mass is 282 g/mol. The van der Waals surface area contributed by atoms with Gasteiger partial charge in [-0.25, -0.2) is 4.98 Å². The Morgan fingerprint density at radius 1 is 1.47 bits per heavy atom. The van der Waals surface area contributed by atoms with E-state index in [1.165, 1.54) is 0 Å². The Balaban J connectivity index is 1.70. The van der Waals surface area contributed by atoms with E-state index in [9.17, 15) is 4.79 Å². The van der Waals surface area contributed by atoms with Crippen LogP contribution in [0, 0.1) is 0 Å². The van der Waals surface area contributed by atoms with Gasteiger partial charge in [0.15, 0.2) is 0 Å². The second-order valence-corrected chi connectivity index (χ2v) is 5.96. The molecule has 19 heavy (non-hydrogen) atoms. The summed E-state index contributed by atoms with van der Waals surface area (Å²) in [6, 6.07) is -0.0370. The van der Waals surface area contributed by atoms with Crippen LogP contribution in [0.5, 0.6) is 0 Å². The van der Waals surface area contributed by atoms with Crippen LogP contribution in [0.4, 0.5) is 0 Å². The van der Waals surface area contributed by atoms with E-state index in [1.54, 1.807) is 17.5 Å². The van der Waals surface area contributed by atoms with Crippen LogP contribution >= 0.6 is 11.3 Å². The van der Waals surface area contributed by atoms with Gasteiger partial charge in [0, 0.05) is 50.7 Å². The highest BCUT2D eigenvalue weighted by Gasteiger charge is 2.23. The molecule has 1 aliphatic rings. The van der Waals surface area contributed by atoms with Crippen molar-refractivity contribution in [1.82, 2.24) is 20.1 Å². The molecule has 6 heteroatoms. The molecule has 0 aromatic carbocycles. The van der Waals surface area contributed by atoms with Gasteiger partial charge in [0.25, 0.3) is 0 Å². The number of amides is 1. The number of carbonyl (C=O) groups is 1. The van der Waals surface area contributed by atoms with Gasteiger partial charge in [-0.3, -0.25) is 9.69 Å². The van der Waals surface area contributed by atoms with Gasteiger partial charge in [-0.15, -0.1) is 11.3 Å². The standard InChI is InChI=1S/C13H22N4OS/c1-11(17-8-6-16(2)7-9-17)13(18)15-4-3-12-14-5-10-19-12/h5,10-11H,3-4,6-9H2,1-2H3,(H,15,18). The van der Waals surface area contributed by atoms with Crippen molar-refractivity contribution in [3.8, 4) is 0 Å². The maximum atomic E-state index is 12.1. The van der Waals surface area contributed by atoms with Crippen molar-refractivity contribution in [2.75, 3.05) is 39.8 Å². The molecule has 106 valence electrons. The van der Waals surface area contributed by atoms with Crippen molar-refractivity contribution in [3.05, 3.63) is 16.6 Å². The van der Waals surface area contributed by atoms with Gasteiger partial charge in [0.05, 0.1) is 11.0 Å². The third-order valence-electron chi connectivity index (χ3n) is 3.59. The number of likely N-dealkylation sites (N-methyl/N-ethyl adjacent to an activating group) is 1. The summed E-state index contributed by atoms with van der Waals surface area (Å²) in [7, 11) is 2.12. The lowest BCUT2D eigenvalue weighted by Crippen LogP contribution is -2.53. The maximum Gasteiger partial charge on any atom is 0.237 e. The van der Waals surface area contributed by atoms with Crippen LogP contribution in [0.2, 0.25) is 0 Å². The number of nitrogens with one attached hydrogen (secondary N) is 1. The number of hydrogen-bond acceptors (Lipinski definition) is 5. The number of hydrogen-bond donors (Lipinski definition) is 1. The summed E-state index contributed by atoms with van der Waals surface area (Å²) in [5, 5.41) is 6.04. The van der Waals surface area contributed by atoms with Crippen LogP contribution in [0.3, 0.4) is 0 Å². The fourth-order valence-corrected chi connectivity index (χ4v) is 2.81. The molecular weight excluding hydrogens is 260 g/mol. The Kier molecular flexibility index (Phi) is 5.30. The molecular formula is C13H22N4OS. The van der Waals surface area contributed by atoms with Crippen molar-refractivity contribution in [3.63, 3.8) is 0 Å². The van der Waals surface area contributed by atoms with Crippen LogP contribution in [-0.4, -0.2) is 66.5 Å². The predicted molar refractivity (Wildman–Crippen MR) is 77.4 cm³/mol. The Bertz CT molecular complexity index is 387. The number of thiazole rings is 1. The average Bonchev–Trinajstić information content (AvgIpc) is 2.92. The number of rotatable bonds is 5. The summed E-state index contributed by atoms with van der Waals surface area (Å²) in [5.74, 6) is 0.126. The van der Waals surface area contributed by atoms with E-state index >= 15 is 0 Å². The minimum atomic E-state index is -0.0370. The summed E-state index contributed by atoms with van der Waals surface area (Å²) in [6.07, 6.45) is 2.62. The van der Waals surface area contributed by atoms with E-state index < -0.39 is 0 Å². The Morgan fingerprint density at radius 3 is 2.84 bits per heavy atom. The average molecular weight is 282 g/mol. The number of aromatic nitrogens is 1. The Labute approximate surface area is 118 Å². The maximum absolute atomic E-state index is 12.1. The smallest absolute Gasteiger partial charge is 0.237 e. The zero-order chi connectivity index (χ0) is 13.7. The van der Waals surface area contributed by atoms with Gasteiger partial charge in [-0.2, -0.15) is 0 Å². The molecule has 1 fully saturated rings. The molecule has 2 rings (SSSR count). The number of piperazine rings is 1. The summed E-state index contributed by atoms with van der Waals surface area (Å²) in [6.45, 7) is 6.68. The van der Waals surface area contributed by atoms with Crippen LogP contribution in [0.25, 0.3) is 0 Å². The van der Waals surface area contributed by atoms with Gasteiger partial charge in [-0.1, -0.05) is 0 Å². The van der Waals surface area contributed by atoms with E-state index in [1.807, 2.05) is 12.3 Å². The molecule has 1 amide bonds. The van der Waals surface area contributed by atoms with Crippen LogP contribution in [0.15, 0.2) is 11.6 Å². The topological polar surface area (TPSA) is 48.5 Å². The molecule has 1 unspecified atom stereocenters. The van der Waals surface area contributed by atoms with Gasteiger partial charge < -0.3 is 10.2 Å². The van der Waals surface area contributed by atoms with Crippen molar-refractivity contribution in [2.24, 2.45) is 0 Å². The first-order chi connectivity index (χ1) is 9.16. The lowest BCUT2D eigenvalue weighted by Gasteiger charge is -2.35. The highest BCUT2D eigenvalue weighted by molar-refractivity contribution is 7.09. The van der Waals surface area contributed by atoms with E-state index in [0.29, 0.717) is 6.54 Å². The largest absolute Gasteiger partial charge is 0.354 e. The minimum absolute atomic E-state index is 0.0370. The molecule has 2 heterocycles. The molecule has 1 atom stereocenters. The normalized spacial score (nSPS) is 19.3. The SMILES string of the molecule is CC(C(=O)NCCc1nccs1)N1CCN(C)CC1. The van der Waals surface area contributed by atoms with E-state index in [0.717, 1.165) is 37.6 Å². The molecule has 1 aliphatic heterocycles. The fourth-order valence-electron chi connectivity index (χ4n) is 2.19. The predicted octanol–water partition coefficient (Wildman–Crippen LogP) is 0.438. The summed E-state index contributed by atoms with van der Waals surface area (Å²) < 4.78 is 0. The Morgan fingerprint density at radius 2 is 2.21 bits per heavy atom. The van der Waals surface area contributed by atoms with Gasteiger partial charge in [-0.05, 0) is 14.0 Å². The zero-order valence-electron chi connectivity index (χ0n) is 11.6. The summed E-state index contributed by atoms with van der Waals surface area (Å²) in [5.41, 5.74) is 0. The number of carbonyl (C=O) groups excluding carboxylic acids is 1. The first-order valence-electron chi connectivity index (χ1n) is 6.75. The van der Waals surface area contributed by atoms with Gasteiger partial charge >= 0.3 is 0 Å². The fraction of sp³-hybridized carbons (Fsp3) is 0.692. The molecule has 1 N–H and O–H groups in total. The second-order valence-electron chi connectivity index (χ2n) is 4.98. The molecule has 1 aromatic heterocycles. The molecule has 1 saturated heterocycles. The lowest BCUT2D eigenvalue weighted by atomic mass is 10.2. The molecule has 0 spiro atoms. The van der Waals surface area contributed by atoms with Gasteiger partial charge in [0.1, 0.15) is 0 Å². The van der Waals surface area contributed by atoms with Gasteiger partial charge in [0.2, 0.25) is 5.91 Å². The van der Waals surface area contributed by atoms with Crippen LogP contribution in [-0.2, 0) is 11.2 Å². The minimum Gasteiger partial charge on any atom is -0.354 e. The summed E-state index contributed by atoms with van der Waals surface area (Å²) in [4.78, 5) is 20.8. The quantitative estimate of drug-likeness (QED) is 0.851. The van der Waals surface area contributed by atoms with E-state index in [-0.39, 0.29) is 11.9 Å². The van der Waals surface area contributed by atoms with E-state index in [2.05, 4.69) is 27.1 Å². The third kappa shape index (κ3) is 4.26. The molecule has 0 bridgehead atoms. The molecule has 0 radical (unpaired) electrons. The molecule has 0 aliphatic carbocycles. The molecule has 1 aromatic rings. The molecule has 0 saturated carbocycles. The third-order valence-corrected chi connectivity index (χ3v) is 4.43. The van der Waals surface area contributed by atoms with E-state index in [4.69, 9.17) is 0 Å². The second kappa shape index (κ2) is 6.98. The van der Waals surface area contributed by atoms with Crippen molar-refractivity contribution in [1.29, 1.82) is 0 Å². The molecule has 5 nitrogen and oxygen atoms in total. The van der Waals surface area contributed by atoms with Crippen LogP contribution < -0.4 is 5.32 Å². The highest BCUT2D eigenvalue weighted by atomic mass is 32.1. The van der Waals surface area contributed by atoms with Crippen molar-refractivity contribution < 1.29 is 4.79 Å².